The molecule has 0 radical (unpaired) electrons. The molecule has 0 N–H and O–H groups in total. The molecule has 10 heteroatoms. The van der Waals surface area contributed by atoms with Gasteiger partial charge in [-0.1, -0.05) is 11.8 Å². The number of thioether (sulfide) groups is 1. The number of methoxy groups -OCH3 is 2. The zero-order valence-electron chi connectivity index (χ0n) is 14.9. The zero-order valence-corrected chi connectivity index (χ0v) is 15.7. The van der Waals surface area contributed by atoms with Crippen LogP contribution < -0.4 is 4.74 Å². The molecular weight excluding hydrogens is 358 g/mol. The summed E-state index contributed by atoms with van der Waals surface area (Å²) in [6.45, 7) is 2.70. The summed E-state index contributed by atoms with van der Waals surface area (Å²) in [5, 5.41) is 13.6. The van der Waals surface area contributed by atoms with Crippen LogP contribution in [0, 0.1) is 0 Å². The third-order valence-electron chi connectivity index (χ3n) is 3.65. The van der Waals surface area contributed by atoms with Gasteiger partial charge < -0.3 is 18.5 Å². The first kappa shape index (κ1) is 18.1. The fourth-order valence-corrected chi connectivity index (χ4v) is 3.35. The molecule has 138 valence electrons. The summed E-state index contributed by atoms with van der Waals surface area (Å²) >= 11 is 1.47. The fraction of sp³-hybridized carbons (Fsp3) is 0.375. The predicted molar refractivity (Wildman–Crippen MR) is 94.1 cm³/mol. The highest BCUT2D eigenvalue weighted by molar-refractivity contribution is 7.98. The van der Waals surface area contributed by atoms with Crippen molar-refractivity contribution in [3.63, 3.8) is 0 Å². The van der Waals surface area contributed by atoms with Gasteiger partial charge in [0.2, 0.25) is 11.6 Å². The van der Waals surface area contributed by atoms with Crippen LogP contribution in [0.5, 0.6) is 5.88 Å². The Morgan fingerprint density at radius 3 is 2.81 bits per heavy atom. The van der Waals surface area contributed by atoms with Crippen LogP contribution in [0.25, 0.3) is 11.4 Å². The topological polar surface area (TPSA) is 97.2 Å². The number of esters is 1. The molecule has 0 aliphatic rings. The number of ether oxygens (including phenoxy) is 2. The van der Waals surface area contributed by atoms with Gasteiger partial charge in [-0.25, -0.2) is 4.79 Å². The van der Waals surface area contributed by atoms with Crippen LogP contribution in [0.2, 0.25) is 0 Å². The van der Waals surface area contributed by atoms with E-state index in [0.717, 1.165) is 10.7 Å². The second-order valence-electron chi connectivity index (χ2n) is 5.32. The predicted octanol–water partition coefficient (Wildman–Crippen LogP) is 2.38. The van der Waals surface area contributed by atoms with Crippen molar-refractivity contribution in [2.75, 3.05) is 14.2 Å². The Balaban J connectivity index is 1.80. The molecule has 0 saturated carbocycles. The summed E-state index contributed by atoms with van der Waals surface area (Å²) in [4.78, 5) is 11.5. The van der Waals surface area contributed by atoms with Crippen molar-refractivity contribution < 1.29 is 18.7 Å². The minimum atomic E-state index is -0.496. The number of aromatic nitrogens is 5. The molecule has 0 bridgehead atoms. The monoisotopic (exact) mass is 377 g/mol. The van der Waals surface area contributed by atoms with Crippen LogP contribution in [0.1, 0.15) is 23.2 Å². The van der Waals surface area contributed by atoms with E-state index in [9.17, 15) is 4.79 Å². The lowest BCUT2D eigenvalue weighted by Crippen LogP contribution is -2.00. The number of hydrogen-bond acceptors (Lipinski definition) is 8. The van der Waals surface area contributed by atoms with Gasteiger partial charge in [0, 0.05) is 19.8 Å². The average Bonchev–Trinajstić information content (AvgIpc) is 3.36. The minimum absolute atomic E-state index is 0.181. The zero-order chi connectivity index (χ0) is 18.7. The third-order valence-corrected chi connectivity index (χ3v) is 4.64. The Kier molecular flexibility index (Phi) is 5.31. The first-order valence-electron chi connectivity index (χ1n) is 7.88. The van der Waals surface area contributed by atoms with Crippen LogP contribution in [0.15, 0.2) is 27.9 Å². The van der Waals surface area contributed by atoms with Crippen LogP contribution in [0.3, 0.4) is 0 Å². The molecule has 0 amide bonds. The van der Waals surface area contributed by atoms with Gasteiger partial charge in [-0.3, -0.25) is 4.68 Å². The molecule has 0 aromatic carbocycles. The second kappa shape index (κ2) is 7.65. The van der Waals surface area contributed by atoms with Crippen molar-refractivity contribution in [3.8, 4) is 17.3 Å². The Labute approximate surface area is 154 Å². The summed E-state index contributed by atoms with van der Waals surface area (Å²) in [6.07, 6.45) is 1.85. The van der Waals surface area contributed by atoms with E-state index in [-0.39, 0.29) is 5.76 Å². The lowest BCUT2D eigenvalue weighted by molar-refractivity contribution is 0.0563. The van der Waals surface area contributed by atoms with Gasteiger partial charge in [0.1, 0.15) is 11.3 Å². The Morgan fingerprint density at radius 1 is 1.31 bits per heavy atom. The lowest BCUT2D eigenvalue weighted by Gasteiger charge is -2.06. The lowest BCUT2D eigenvalue weighted by atomic mass is 10.3. The van der Waals surface area contributed by atoms with Gasteiger partial charge in [0.15, 0.2) is 11.0 Å². The fourth-order valence-electron chi connectivity index (χ4n) is 2.45. The second-order valence-corrected chi connectivity index (χ2v) is 6.26. The minimum Gasteiger partial charge on any atom is -0.479 e. The molecule has 3 rings (SSSR count). The number of nitrogens with zero attached hydrogens (tertiary/aromatic N) is 5. The van der Waals surface area contributed by atoms with Crippen molar-refractivity contribution in [1.29, 1.82) is 0 Å². The van der Waals surface area contributed by atoms with Crippen molar-refractivity contribution >= 4 is 17.7 Å². The number of furan rings is 1. The molecule has 0 spiro atoms. The molecule has 0 saturated heterocycles. The van der Waals surface area contributed by atoms with Gasteiger partial charge in [-0.2, -0.15) is 0 Å². The van der Waals surface area contributed by atoms with Crippen LogP contribution in [0.4, 0.5) is 0 Å². The van der Waals surface area contributed by atoms with Crippen LogP contribution in [-0.2, 0) is 24.1 Å². The first-order valence-corrected chi connectivity index (χ1v) is 8.87. The van der Waals surface area contributed by atoms with Crippen molar-refractivity contribution in [2.45, 2.75) is 24.4 Å². The molecule has 0 fully saturated rings. The molecule has 3 aromatic rings. The van der Waals surface area contributed by atoms with Gasteiger partial charge in [-0.05, 0) is 19.1 Å². The number of carbonyl (C=O) groups excluding carboxylic acids is 1. The molecule has 0 aliphatic carbocycles. The Bertz CT molecular complexity index is 914. The van der Waals surface area contributed by atoms with E-state index in [4.69, 9.17) is 9.15 Å². The Morgan fingerprint density at radius 2 is 2.12 bits per heavy atom. The molecule has 26 heavy (non-hydrogen) atoms. The Hall–Kier alpha value is -2.75. The molecule has 0 atom stereocenters. The largest absolute Gasteiger partial charge is 0.479 e. The number of hydrogen-bond donors (Lipinski definition) is 0. The van der Waals surface area contributed by atoms with E-state index in [1.165, 1.54) is 18.9 Å². The highest BCUT2D eigenvalue weighted by Crippen LogP contribution is 2.31. The van der Waals surface area contributed by atoms with Gasteiger partial charge >= 0.3 is 5.97 Å². The quantitative estimate of drug-likeness (QED) is 0.457. The van der Waals surface area contributed by atoms with Gasteiger partial charge in [-0.15, -0.1) is 15.3 Å². The van der Waals surface area contributed by atoms with E-state index < -0.39 is 5.97 Å². The van der Waals surface area contributed by atoms with Crippen LogP contribution in [-0.4, -0.2) is 44.7 Å². The van der Waals surface area contributed by atoms with Crippen molar-refractivity contribution in [2.24, 2.45) is 7.05 Å². The summed E-state index contributed by atoms with van der Waals surface area (Å²) < 4.78 is 19.1. The van der Waals surface area contributed by atoms with Gasteiger partial charge in [0.05, 0.1) is 20.0 Å². The van der Waals surface area contributed by atoms with E-state index in [2.05, 4.69) is 20.0 Å². The van der Waals surface area contributed by atoms with Crippen LogP contribution >= 0.6 is 11.8 Å². The smallest absolute Gasteiger partial charge is 0.373 e. The average molecular weight is 377 g/mol. The van der Waals surface area contributed by atoms with Gasteiger partial charge in [0.25, 0.3) is 0 Å². The summed E-state index contributed by atoms with van der Waals surface area (Å²) in [7, 11) is 4.71. The van der Waals surface area contributed by atoms with E-state index in [0.29, 0.717) is 29.8 Å². The highest BCUT2D eigenvalue weighted by Gasteiger charge is 2.20. The standard InChI is InChI=1S/C16H19N5O4S/c1-5-21-13(11-8-20(2)19-14(11)23-3)17-18-16(21)26-9-10-6-7-12(25-10)15(22)24-4/h6-8H,5,9H2,1-4H3. The first-order chi connectivity index (χ1) is 12.6. The SMILES string of the molecule is CCn1c(SCc2ccc(C(=O)OC)o2)nnc1-c1cn(C)nc1OC. The maximum absolute atomic E-state index is 11.5. The molecule has 3 heterocycles. The molecule has 0 aliphatic heterocycles. The number of carbonyl (C=O) groups is 1. The maximum atomic E-state index is 11.5. The highest BCUT2D eigenvalue weighted by atomic mass is 32.2. The summed E-state index contributed by atoms with van der Waals surface area (Å²) in [5.41, 5.74) is 0.780. The molecule has 9 nitrogen and oxygen atoms in total. The summed E-state index contributed by atoms with van der Waals surface area (Å²) in [5.74, 6) is 2.04. The number of aryl methyl sites for hydroxylation is 1. The normalized spacial score (nSPS) is 10.9. The van der Waals surface area contributed by atoms with E-state index >= 15 is 0 Å². The molecule has 0 unspecified atom stereocenters. The molecular formula is C16H19N5O4S. The maximum Gasteiger partial charge on any atom is 0.373 e. The summed E-state index contributed by atoms with van der Waals surface area (Å²) in [6, 6.07) is 3.34. The van der Waals surface area contributed by atoms with Crippen molar-refractivity contribution in [1.82, 2.24) is 24.5 Å². The molecule has 3 aromatic heterocycles. The number of rotatable bonds is 7. The third kappa shape index (κ3) is 3.45. The van der Waals surface area contributed by atoms with E-state index in [1.807, 2.05) is 24.7 Å². The van der Waals surface area contributed by atoms with Crippen molar-refractivity contribution in [3.05, 3.63) is 29.9 Å². The van der Waals surface area contributed by atoms with E-state index in [1.54, 1.807) is 23.9 Å².